The van der Waals surface area contributed by atoms with E-state index in [0.717, 1.165) is 12.2 Å². The molecule has 1 rings (SSSR count). The van der Waals surface area contributed by atoms with E-state index in [1.54, 1.807) is 7.11 Å². The third kappa shape index (κ3) is 5.22. The number of methoxy groups -OCH3 is 1. The van der Waals surface area contributed by atoms with Gasteiger partial charge in [-0.25, -0.2) is 0 Å². The predicted octanol–water partition coefficient (Wildman–Crippen LogP) is 3.93. The number of nitrogens with two attached hydrogens (primary N) is 1. The van der Waals surface area contributed by atoms with Crippen LogP contribution in [0.2, 0.25) is 0 Å². The van der Waals surface area contributed by atoms with Crippen molar-refractivity contribution in [3.8, 4) is 5.75 Å². The molecule has 0 amide bonds. The summed E-state index contributed by atoms with van der Waals surface area (Å²) in [4.78, 5) is 0. The molecule has 3 N–H and O–H groups in total. The third-order valence-electron chi connectivity index (χ3n) is 4.30. The van der Waals surface area contributed by atoms with Crippen molar-refractivity contribution in [2.24, 2.45) is 5.73 Å². The Hall–Kier alpha value is -1.06. The van der Waals surface area contributed by atoms with Crippen molar-refractivity contribution in [3.63, 3.8) is 0 Å². The van der Waals surface area contributed by atoms with Gasteiger partial charge in [0.15, 0.2) is 0 Å². The van der Waals surface area contributed by atoms with Gasteiger partial charge >= 0.3 is 0 Å². The first kappa shape index (κ1) is 20.0. The fourth-order valence-electron chi connectivity index (χ4n) is 2.74. The zero-order valence-corrected chi connectivity index (χ0v) is 16.2. The van der Waals surface area contributed by atoms with Gasteiger partial charge in [-0.1, -0.05) is 53.7 Å². The molecule has 1 aromatic carbocycles. The van der Waals surface area contributed by atoms with Crippen molar-refractivity contribution in [1.82, 2.24) is 0 Å². The summed E-state index contributed by atoms with van der Waals surface area (Å²) < 4.78 is 5.78. The van der Waals surface area contributed by atoms with Gasteiger partial charge in [-0.05, 0) is 36.2 Å². The Morgan fingerprint density at radius 3 is 1.78 bits per heavy atom. The van der Waals surface area contributed by atoms with E-state index < -0.39 is 6.10 Å². The molecular weight excluding hydrogens is 286 g/mol. The summed E-state index contributed by atoms with van der Waals surface area (Å²) in [5, 5.41) is 10.00. The number of rotatable bonds is 5. The Kier molecular flexibility index (Phi) is 6.28. The van der Waals surface area contributed by atoms with Gasteiger partial charge in [0.2, 0.25) is 0 Å². The summed E-state index contributed by atoms with van der Waals surface area (Å²) >= 11 is 0. The minimum atomic E-state index is -0.465. The van der Waals surface area contributed by atoms with Crippen molar-refractivity contribution in [2.75, 3.05) is 7.11 Å². The summed E-state index contributed by atoms with van der Waals surface area (Å²) in [6, 6.07) is 4.25. The molecule has 0 bridgehead atoms. The molecule has 0 aliphatic rings. The molecule has 23 heavy (non-hydrogen) atoms. The van der Waals surface area contributed by atoms with E-state index in [9.17, 15) is 5.11 Å². The molecule has 1 aromatic rings. The van der Waals surface area contributed by atoms with Gasteiger partial charge in [0.25, 0.3) is 0 Å². The first-order chi connectivity index (χ1) is 10.4. The number of aliphatic hydroxyl groups excluding tert-OH is 1. The molecule has 0 aliphatic carbocycles. The largest absolute Gasteiger partial charge is 0.496 e. The van der Waals surface area contributed by atoms with E-state index in [-0.39, 0.29) is 16.9 Å². The molecule has 0 spiro atoms. The number of hydrogen-bond acceptors (Lipinski definition) is 3. The maximum Gasteiger partial charge on any atom is 0.126 e. The zero-order valence-electron chi connectivity index (χ0n) is 16.2. The lowest BCUT2D eigenvalue weighted by atomic mass is 9.78. The Morgan fingerprint density at radius 1 is 1.04 bits per heavy atom. The summed E-state index contributed by atoms with van der Waals surface area (Å²) in [7, 11) is 1.75. The fraction of sp³-hybridized carbons (Fsp3) is 0.700. The monoisotopic (exact) mass is 321 g/mol. The lowest BCUT2D eigenvalue weighted by Crippen LogP contribution is -2.31. The van der Waals surface area contributed by atoms with Crippen LogP contribution >= 0.6 is 0 Å². The normalized spacial score (nSPS) is 15.4. The van der Waals surface area contributed by atoms with Crippen LogP contribution in [0, 0.1) is 0 Å². The van der Waals surface area contributed by atoms with Crippen LogP contribution in [0.4, 0.5) is 0 Å². The van der Waals surface area contributed by atoms with Gasteiger partial charge in [0, 0.05) is 17.2 Å². The number of benzene rings is 1. The molecule has 0 saturated heterocycles. The zero-order chi connectivity index (χ0) is 18.0. The quantitative estimate of drug-likeness (QED) is 0.864. The average Bonchev–Trinajstić information content (AvgIpc) is 2.41. The molecule has 0 saturated carbocycles. The second-order valence-electron chi connectivity index (χ2n) is 8.69. The number of aliphatic hydroxyl groups is 1. The summed E-state index contributed by atoms with van der Waals surface area (Å²) in [5.74, 6) is 0.987. The lowest BCUT2D eigenvalue weighted by Gasteiger charge is -2.30. The highest BCUT2D eigenvalue weighted by Gasteiger charge is 2.27. The molecule has 0 aromatic heterocycles. The molecule has 2 unspecified atom stereocenters. The third-order valence-corrected chi connectivity index (χ3v) is 4.30. The maximum absolute atomic E-state index is 10.00. The van der Waals surface area contributed by atoms with Crippen LogP contribution in [-0.2, 0) is 17.3 Å². The van der Waals surface area contributed by atoms with Crippen LogP contribution < -0.4 is 10.5 Å². The highest BCUT2D eigenvalue weighted by Crippen LogP contribution is 2.40. The van der Waals surface area contributed by atoms with Gasteiger partial charge in [0.05, 0.1) is 13.2 Å². The topological polar surface area (TPSA) is 55.5 Å². The van der Waals surface area contributed by atoms with Crippen molar-refractivity contribution >= 4 is 0 Å². The van der Waals surface area contributed by atoms with Crippen LogP contribution in [0.1, 0.15) is 71.6 Å². The average molecular weight is 322 g/mol. The van der Waals surface area contributed by atoms with E-state index in [1.165, 1.54) is 16.7 Å². The van der Waals surface area contributed by atoms with Gasteiger partial charge in [-0.2, -0.15) is 0 Å². The Balaban J connectivity index is 3.33. The van der Waals surface area contributed by atoms with E-state index in [0.29, 0.717) is 6.42 Å². The number of hydrogen-bond donors (Lipinski definition) is 2. The first-order valence-electron chi connectivity index (χ1n) is 8.53. The van der Waals surface area contributed by atoms with Gasteiger partial charge in [0.1, 0.15) is 5.75 Å². The van der Waals surface area contributed by atoms with Gasteiger partial charge in [-0.15, -0.1) is 0 Å². The van der Waals surface area contributed by atoms with Gasteiger partial charge in [-0.3, -0.25) is 0 Å². The second kappa shape index (κ2) is 7.23. The van der Waals surface area contributed by atoms with E-state index >= 15 is 0 Å². The summed E-state index contributed by atoms with van der Waals surface area (Å²) in [6.07, 6.45) is 1.03. The first-order valence-corrected chi connectivity index (χ1v) is 8.53. The van der Waals surface area contributed by atoms with Crippen LogP contribution in [0.15, 0.2) is 12.1 Å². The molecular formula is C20H35NO2. The molecule has 3 nitrogen and oxygen atoms in total. The van der Waals surface area contributed by atoms with Crippen LogP contribution in [-0.4, -0.2) is 24.4 Å². The Bertz CT molecular complexity index is 486. The highest BCUT2D eigenvalue weighted by molar-refractivity contribution is 5.50. The maximum atomic E-state index is 10.00. The SMILES string of the molecule is COc1c(C(C)(C)C)cc(CCC(O)C(C)N)cc1C(C)(C)C. The second-order valence-corrected chi connectivity index (χ2v) is 8.69. The molecule has 0 radical (unpaired) electrons. The minimum absolute atomic E-state index is 0.00112. The van der Waals surface area contributed by atoms with E-state index in [4.69, 9.17) is 10.5 Å². The fourth-order valence-corrected chi connectivity index (χ4v) is 2.74. The lowest BCUT2D eigenvalue weighted by molar-refractivity contribution is 0.141. The predicted molar refractivity (Wildman–Crippen MR) is 98.4 cm³/mol. The Morgan fingerprint density at radius 2 is 1.48 bits per heavy atom. The molecule has 0 fully saturated rings. The number of aryl methyl sites for hydroxylation is 1. The Labute approximate surface area is 142 Å². The van der Waals surface area contributed by atoms with Crippen molar-refractivity contribution in [2.45, 2.75) is 84.3 Å². The summed E-state index contributed by atoms with van der Waals surface area (Å²) in [5.41, 5.74) is 9.45. The molecule has 2 atom stereocenters. The van der Waals surface area contributed by atoms with E-state index in [1.807, 2.05) is 6.92 Å². The number of ether oxygens (including phenoxy) is 1. The molecule has 0 aliphatic heterocycles. The van der Waals surface area contributed by atoms with Crippen molar-refractivity contribution < 1.29 is 9.84 Å². The van der Waals surface area contributed by atoms with Gasteiger partial charge < -0.3 is 15.6 Å². The van der Waals surface area contributed by atoms with Crippen LogP contribution in [0.25, 0.3) is 0 Å². The highest BCUT2D eigenvalue weighted by atomic mass is 16.5. The smallest absolute Gasteiger partial charge is 0.126 e. The van der Waals surface area contributed by atoms with Crippen molar-refractivity contribution in [1.29, 1.82) is 0 Å². The van der Waals surface area contributed by atoms with Crippen LogP contribution in [0.3, 0.4) is 0 Å². The molecule has 132 valence electrons. The minimum Gasteiger partial charge on any atom is -0.496 e. The van der Waals surface area contributed by atoms with Crippen molar-refractivity contribution in [3.05, 3.63) is 28.8 Å². The van der Waals surface area contributed by atoms with E-state index in [2.05, 4.69) is 53.7 Å². The standard InChI is InChI=1S/C20H35NO2/c1-13(21)17(22)10-9-14-11-15(19(2,3)4)18(23-8)16(12-14)20(5,6)7/h11-13,17,22H,9-10,21H2,1-8H3. The molecule has 3 heteroatoms. The molecule has 0 heterocycles. The summed E-state index contributed by atoms with van der Waals surface area (Å²) in [6.45, 7) is 15.1. The van der Waals surface area contributed by atoms with Crippen LogP contribution in [0.5, 0.6) is 5.75 Å².